The second-order valence-electron chi connectivity index (χ2n) is 5.89. The van der Waals surface area contributed by atoms with Crippen LogP contribution in [0.4, 0.5) is 0 Å². The van der Waals surface area contributed by atoms with Gasteiger partial charge in [0.25, 0.3) is 5.91 Å². The topological polar surface area (TPSA) is 78.8 Å². The molecule has 0 bridgehead atoms. The second kappa shape index (κ2) is 7.48. The highest BCUT2D eigenvalue weighted by Gasteiger charge is 2.35. The zero-order valence-electron chi connectivity index (χ0n) is 14.2. The molecule has 1 atom stereocenters. The van der Waals surface area contributed by atoms with Gasteiger partial charge in [-0.1, -0.05) is 18.2 Å². The molecule has 0 radical (unpaired) electrons. The van der Waals surface area contributed by atoms with Gasteiger partial charge in [0.2, 0.25) is 0 Å². The third kappa shape index (κ3) is 3.48. The summed E-state index contributed by atoms with van der Waals surface area (Å²) in [5.74, 6) is 0.760. The molecule has 1 aliphatic rings. The summed E-state index contributed by atoms with van der Waals surface area (Å²) in [6.07, 6.45) is 2.16. The third-order valence-electron chi connectivity index (χ3n) is 4.20. The molecule has 134 valence electrons. The van der Waals surface area contributed by atoms with Crippen LogP contribution < -0.4 is 4.74 Å². The van der Waals surface area contributed by atoms with Gasteiger partial charge in [0.15, 0.2) is 6.61 Å². The highest BCUT2D eigenvalue weighted by molar-refractivity contribution is 7.12. The van der Waals surface area contributed by atoms with E-state index in [0.29, 0.717) is 23.5 Å². The molecule has 27 heavy (non-hydrogen) atoms. The van der Waals surface area contributed by atoms with Gasteiger partial charge in [-0.15, -0.1) is 11.3 Å². The minimum absolute atomic E-state index is 0.211. The molecule has 1 amide bonds. The number of para-hydroxylation sites is 1. The van der Waals surface area contributed by atoms with Crippen molar-refractivity contribution in [2.75, 3.05) is 6.61 Å². The fourth-order valence-electron chi connectivity index (χ4n) is 2.92. The van der Waals surface area contributed by atoms with Crippen molar-refractivity contribution in [3.8, 4) is 11.8 Å². The summed E-state index contributed by atoms with van der Waals surface area (Å²) in [4.78, 5) is 13.8. The van der Waals surface area contributed by atoms with E-state index < -0.39 is 0 Å². The Hall–Kier alpha value is -3.37. The fraction of sp³-hybridized carbons (Fsp3) is 0.150. The van der Waals surface area contributed by atoms with E-state index >= 15 is 0 Å². The monoisotopic (exact) mass is 377 g/mol. The van der Waals surface area contributed by atoms with Gasteiger partial charge in [0, 0.05) is 6.42 Å². The van der Waals surface area contributed by atoms with Crippen molar-refractivity contribution in [3.05, 3.63) is 76.4 Å². The maximum Gasteiger partial charge on any atom is 0.281 e. The first-order chi connectivity index (χ1) is 13.3. The first-order valence-electron chi connectivity index (χ1n) is 8.35. The van der Waals surface area contributed by atoms with Gasteiger partial charge in [0.05, 0.1) is 22.4 Å². The lowest BCUT2D eigenvalue weighted by molar-refractivity contribution is -0.135. The van der Waals surface area contributed by atoms with Crippen LogP contribution in [0.1, 0.15) is 28.7 Å². The first-order valence-corrected chi connectivity index (χ1v) is 9.23. The maximum atomic E-state index is 12.8. The lowest BCUT2D eigenvalue weighted by atomic mass is 10.1. The quantitative estimate of drug-likeness (QED) is 0.674. The van der Waals surface area contributed by atoms with E-state index in [4.69, 9.17) is 14.4 Å². The van der Waals surface area contributed by atoms with E-state index in [-0.39, 0.29) is 18.6 Å². The van der Waals surface area contributed by atoms with Gasteiger partial charge in [0.1, 0.15) is 23.6 Å². The average molecular weight is 377 g/mol. The minimum Gasteiger partial charge on any atom is -0.482 e. The number of benzene rings is 1. The van der Waals surface area contributed by atoms with Crippen LogP contribution in [0.2, 0.25) is 0 Å². The summed E-state index contributed by atoms with van der Waals surface area (Å²) in [7, 11) is 0. The molecule has 0 fully saturated rings. The SMILES string of the molecule is N#Cc1ccccc1OCC(=O)N1N=C(c2cccs2)C[C@@H]1c1ccco1. The molecular formula is C20H15N3O3S. The van der Waals surface area contributed by atoms with Gasteiger partial charge in [-0.3, -0.25) is 4.79 Å². The van der Waals surface area contributed by atoms with E-state index in [2.05, 4.69) is 11.2 Å². The summed E-state index contributed by atoms with van der Waals surface area (Å²) in [5, 5.41) is 17.1. The summed E-state index contributed by atoms with van der Waals surface area (Å²) < 4.78 is 11.1. The van der Waals surface area contributed by atoms with Crippen molar-refractivity contribution in [1.29, 1.82) is 5.26 Å². The van der Waals surface area contributed by atoms with Crippen molar-refractivity contribution in [3.63, 3.8) is 0 Å². The minimum atomic E-state index is -0.306. The molecule has 3 heterocycles. The summed E-state index contributed by atoms with van der Waals surface area (Å²) in [5.41, 5.74) is 1.23. The van der Waals surface area contributed by atoms with Gasteiger partial charge in [-0.25, -0.2) is 5.01 Å². The Morgan fingerprint density at radius 3 is 2.93 bits per heavy atom. The molecular weight excluding hydrogens is 362 g/mol. The van der Waals surface area contributed by atoms with Gasteiger partial charge in [-0.2, -0.15) is 10.4 Å². The van der Waals surface area contributed by atoms with Gasteiger partial charge >= 0.3 is 0 Å². The lowest BCUT2D eigenvalue weighted by Gasteiger charge is -2.20. The van der Waals surface area contributed by atoms with Crippen molar-refractivity contribution in [2.24, 2.45) is 5.10 Å². The predicted octanol–water partition coefficient (Wildman–Crippen LogP) is 3.97. The highest BCUT2D eigenvalue weighted by atomic mass is 32.1. The number of hydrazone groups is 1. The Morgan fingerprint density at radius 1 is 1.30 bits per heavy atom. The maximum absolute atomic E-state index is 12.8. The number of hydrogen-bond donors (Lipinski definition) is 0. The number of rotatable bonds is 5. The molecule has 0 spiro atoms. The zero-order valence-corrected chi connectivity index (χ0v) is 15.1. The molecule has 4 rings (SSSR count). The van der Waals surface area contributed by atoms with Crippen molar-refractivity contribution >= 4 is 23.0 Å². The van der Waals surface area contributed by atoms with Gasteiger partial charge in [-0.05, 0) is 35.7 Å². The molecule has 0 saturated carbocycles. The molecule has 1 aromatic carbocycles. The number of thiophene rings is 1. The van der Waals surface area contributed by atoms with Crippen LogP contribution in [0.3, 0.4) is 0 Å². The second-order valence-corrected chi connectivity index (χ2v) is 6.84. The Labute approximate surface area is 159 Å². The number of furan rings is 1. The molecule has 7 heteroatoms. The Morgan fingerprint density at radius 2 is 2.19 bits per heavy atom. The Kier molecular flexibility index (Phi) is 4.73. The number of ether oxygens (including phenoxy) is 1. The number of hydrogen-bond acceptors (Lipinski definition) is 6. The van der Waals surface area contributed by atoms with E-state index in [1.54, 1.807) is 47.9 Å². The molecule has 3 aromatic rings. The van der Waals surface area contributed by atoms with Crippen LogP contribution in [-0.2, 0) is 4.79 Å². The molecule has 1 aliphatic heterocycles. The fourth-order valence-corrected chi connectivity index (χ4v) is 3.65. The van der Waals surface area contributed by atoms with E-state index in [9.17, 15) is 4.79 Å². The predicted molar refractivity (Wildman–Crippen MR) is 100 cm³/mol. The van der Waals surface area contributed by atoms with Crippen LogP contribution in [0.5, 0.6) is 5.75 Å². The number of carbonyl (C=O) groups is 1. The number of nitrogens with zero attached hydrogens (tertiary/aromatic N) is 3. The largest absolute Gasteiger partial charge is 0.482 e. The van der Waals surface area contributed by atoms with Crippen molar-refractivity contribution < 1.29 is 13.9 Å². The van der Waals surface area contributed by atoms with E-state index in [0.717, 1.165) is 10.6 Å². The molecule has 0 unspecified atom stereocenters. The number of carbonyl (C=O) groups excluding carboxylic acids is 1. The van der Waals surface area contributed by atoms with E-state index in [1.165, 1.54) is 5.01 Å². The van der Waals surface area contributed by atoms with Crippen LogP contribution in [0.15, 0.2) is 69.7 Å². The van der Waals surface area contributed by atoms with Gasteiger partial charge < -0.3 is 9.15 Å². The molecule has 0 N–H and O–H groups in total. The zero-order chi connectivity index (χ0) is 18.6. The summed E-state index contributed by atoms with van der Waals surface area (Å²) in [6, 6.07) is 16.1. The lowest BCUT2D eigenvalue weighted by Crippen LogP contribution is -2.31. The Balaban J connectivity index is 1.55. The highest BCUT2D eigenvalue weighted by Crippen LogP contribution is 2.34. The Bertz CT molecular complexity index is 1000. The smallest absolute Gasteiger partial charge is 0.281 e. The molecule has 0 saturated heterocycles. The molecule has 2 aromatic heterocycles. The van der Waals surface area contributed by atoms with Crippen LogP contribution >= 0.6 is 11.3 Å². The van der Waals surface area contributed by atoms with Crippen molar-refractivity contribution in [1.82, 2.24) is 5.01 Å². The molecule has 6 nitrogen and oxygen atoms in total. The standard InChI is InChI=1S/C20H15N3O3S/c21-12-14-5-1-2-6-17(14)26-13-20(24)23-16(18-7-3-9-25-18)11-15(22-23)19-8-4-10-27-19/h1-10,16H,11,13H2/t16-/m1/s1. The average Bonchev–Trinajstić information content (AvgIpc) is 3.46. The third-order valence-corrected chi connectivity index (χ3v) is 5.12. The van der Waals surface area contributed by atoms with Crippen LogP contribution in [0.25, 0.3) is 0 Å². The summed E-state index contributed by atoms with van der Waals surface area (Å²) in [6.45, 7) is -0.211. The molecule has 0 aliphatic carbocycles. The normalized spacial score (nSPS) is 16.0. The van der Waals surface area contributed by atoms with Crippen molar-refractivity contribution in [2.45, 2.75) is 12.5 Å². The van der Waals surface area contributed by atoms with Crippen LogP contribution in [-0.4, -0.2) is 23.2 Å². The van der Waals surface area contributed by atoms with E-state index in [1.807, 2.05) is 23.6 Å². The van der Waals surface area contributed by atoms with Crippen LogP contribution in [0, 0.1) is 11.3 Å². The summed E-state index contributed by atoms with van der Waals surface area (Å²) >= 11 is 1.58. The first kappa shape index (κ1) is 17.1. The number of nitriles is 1. The number of amides is 1.